The van der Waals surface area contributed by atoms with E-state index in [0.29, 0.717) is 11.8 Å². The fourth-order valence-electron chi connectivity index (χ4n) is 3.03. The molecule has 2 heterocycles. The van der Waals surface area contributed by atoms with Gasteiger partial charge in [0.1, 0.15) is 0 Å². The maximum absolute atomic E-state index is 4.35. The molecule has 0 spiro atoms. The fraction of sp³-hybridized carbons (Fsp3) is 0.765. The van der Waals surface area contributed by atoms with Gasteiger partial charge in [-0.15, -0.1) is 10.2 Å². The number of hydrogen-bond acceptors (Lipinski definition) is 4. The summed E-state index contributed by atoms with van der Waals surface area (Å²) in [6, 6.07) is 0. The van der Waals surface area contributed by atoms with Gasteiger partial charge in [0.15, 0.2) is 0 Å². The van der Waals surface area contributed by atoms with Crippen LogP contribution in [-0.4, -0.2) is 30.0 Å². The van der Waals surface area contributed by atoms with Crippen molar-refractivity contribution in [2.24, 2.45) is 11.8 Å². The van der Waals surface area contributed by atoms with Gasteiger partial charge in [-0.3, -0.25) is 4.68 Å². The van der Waals surface area contributed by atoms with Crippen molar-refractivity contribution < 1.29 is 0 Å². The maximum atomic E-state index is 4.35. The molecule has 128 valence electrons. The van der Waals surface area contributed by atoms with Crippen LogP contribution in [0, 0.1) is 11.8 Å². The van der Waals surface area contributed by atoms with Gasteiger partial charge < -0.3 is 0 Å². The second-order valence-electron chi connectivity index (χ2n) is 7.66. The Kier molecular flexibility index (Phi) is 5.55. The van der Waals surface area contributed by atoms with Crippen LogP contribution in [0.2, 0.25) is 0 Å². The van der Waals surface area contributed by atoms with Gasteiger partial charge in [0.05, 0.1) is 16.9 Å². The standard InChI is InChI=1S/C17H30N6/c1-7-15-11-22(20-18-15)10-14(4)9-17(5,6)23-12-16(19-21-23)8-13(2)3/h11-14H,7-10H2,1-6H3. The summed E-state index contributed by atoms with van der Waals surface area (Å²) in [5.41, 5.74) is 2.06. The predicted octanol–water partition coefficient (Wildman–Crippen LogP) is 3.09. The van der Waals surface area contributed by atoms with Gasteiger partial charge in [0.25, 0.3) is 0 Å². The summed E-state index contributed by atoms with van der Waals surface area (Å²) < 4.78 is 3.96. The number of aryl methyl sites for hydroxylation is 1. The lowest BCUT2D eigenvalue weighted by Crippen LogP contribution is -2.30. The van der Waals surface area contributed by atoms with E-state index in [1.807, 2.05) is 15.6 Å². The largest absolute Gasteiger partial charge is 0.252 e. The highest BCUT2D eigenvalue weighted by atomic mass is 15.4. The normalized spacial score (nSPS) is 13.7. The molecule has 0 saturated carbocycles. The van der Waals surface area contributed by atoms with Crippen LogP contribution in [0.4, 0.5) is 0 Å². The fourth-order valence-corrected chi connectivity index (χ4v) is 3.03. The van der Waals surface area contributed by atoms with Crippen molar-refractivity contribution in [3.8, 4) is 0 Å². The molecular weight excluding hydrogens is 288 g/mol. The van der Waals surface area contributed by atoms with Gasteiger partial charge in [-0.05, 0) is 44.9 Å². The Hall–Kier alpha value is -1.72. The Bertz CT molecular complexity index is 610. The molecule has 2 aromatic rings. The Labute approximate surface area is 139 Å². The van der Waals surface area contributed by atoms with Crippen molar-refractivity contribution >= 4 is 0 Å². The predicted molar refractivity (Wildman–Crippen MR) is 91.1 cm³/mol. The van der Waals surface area contributed by atoms with Gasteiger partial charge in [-0.25, -0.2) is 4.68 Å². The second kappa shape index (κ2) is 7.23. The first-order valence-electron chi connectivity index (χ1n) is 8.61. The van der Waals surface area contributed by atoms with Gasteiger partial charge in [-0.2, -0.15) is 0 Å². The minimum absolute atomic E-state index is 0.0597. The SMILES string of the molecule is CCc1cn(CC(C)CC(C)(C)n2cc(CC(C)C)nn2)nn1. The van der Waals surface area contributed by atoms with E-state index in [-0.39, 0.29) is 5.54 Å². The summed E-state index contributed by atoms with van der Waals surface area (Å²) in [7, 11) is 0. The molecule has 0 aliphatic carbocycles. The maximum Gasteiger partial charge on any atom is 0.0829 e. The molecule has 0 aliphatic heterocycles. The molecule has 0 aliphatic rings. The van der Waals surface area contributed by atoms with Gasteiger partial charge >= 0.3 is 0 Å². The van der Waals surface area contributed by atoms with Crippen molar-refractivity contribution in [2.45, 2.75) is 72.9 Å². The second-order valence-corrected chi connectivity index (χ2v) is 7.66. The quantitative estimate of drug-likeness (QED) is 0.750. The van der Waals surface area contributed by atoms with Gasteiger partial charge in [-0.1, -0.05) is 38.1 Å². The molecule has 6 nitrogen and oxygen atoms in total. The van der Waals surface area contributed by atoms with E-state index in [1.54, 1.807) is 0 Å². The highest BCUT2D eigenvalue weighted by molar-refractivity contribution is 4.96. The lowest BCUT2D eigenvalue weighted by molar-refractivity contribution is 0.230. The smallest absolute Gasteiger partial charge is 0.0829 e. The third kappa shape index (κ3) is 4.88. The van der Waals surface area contributed by atoms with Crippen molar-refractivity contribution in [3.63, 3.8) is 0 Å². The monoisotopic (exact) mass is 318 g/mol. The molecule has 0 saturated heterocycles. The molecule has 0 fully saturated rings. The topological polar surface area (TPSA) is 61.4 Å². The summed E-state index contributed by atoms with van der Waals surface area (Å²) in [5, 5.41) is 17.0. The zero-order valence-electron chi connectivity index (χ0n) is 15.3. The summed E-state index contributed by atoms with van der Waals surface area (Å²) in [6.07, 6.45) is 7.05. The molecule has 1 atom stereocenters. The summed E-state index contributed by atoms with van der Waals surface area (Å²) in [6.45, 7) is 14.1. The minimum Gasteiger partial charge on any atom is -0.252 e. The Morgan fingerprint density at radius 3 is 2.35 bits per heavy atom. The molecule has 0 aromatic carbocycles. The van der Waals surface area contributed by atoms with E-state index < -0.39 is 0 Å². The average Bonchev–Trinajstić information content (AvgIpc) is 3.06. The van der Waals surface area contributed by atoms with E-state index in [0.717, 1.165) is 37.2 Å². The molecule has 2 rings (SSSR count). The van der Waals surface area contributed by atoms with Crippen molar-refractivity contribution in [3.05, 3.63) is 23.8 Å². The summed E-state index contributed by atoms with van der Waals surface area (Å²) in [5.74, 6) is 1.08. The van der Waals surface area contributed by atoms with E-state index in [9.17, 15) is 0 Å². The van der Waals surface area contributed by atoms with Crippen LogP contribution >= 0.6 is 0 Å². The molecule has 0 N–H and O–H groups in total. The summed E-state index contributed by atoms with van der Waals surface area (Å²) >= 11 is 0. The Morgan fingerprint density at radius 1 is 1.04 bits per heavy atom. The summed E-state index contributed by atoms with van der Waals surface area (Å²) in [4.78, 5) is 0. The molecule has 0 amide bonds. The van der Waals surface area contributed by atoms with Crippen LogP contribution < -0.4 is 0 Å². The molecular formula is C17H30N6. The van der Waals surface area contributed by atoms with Crippen LogP contribution in [-0.2, 0) is 24.9 Å². The van der Waals surface area contributed by atoms with Crippen LogP contribution in [0.25, 0.3) is 0 Å². The zero-order valence-corrected chi connectivity index (χ0v) is 15.3. The van der Waals surface area contributed by atoms with E-state index in [2.05, 4.69) is 68.4 Å². The van der Waals surface area contributed by atoms with Gasteiger partial charge in [0, 0.05) is 18.9 Å². The lowest BCUT2D eigenvalue weighted by atomic mass is 9.91. The van der Waals surface area contributed by atoms with Crippen LogP contribution in [0.5, 0.6) is 0 Å². The third-order valence-corrected chi connectivity index (χ3v) is 4.07. The molecule has 23 heavy (non-hydrogen) atoms. The molecule has 6 heteroatoms. The Morgan fingerprint density at radius 2 is 1.74 bits per heavy atom. The van der Waals surface area contributed by atoms with Crippen LogP contribution in [0.1, 0.15) is 59.4 Å². The van der Waals surface area contributed by atoms with Crippen molar-refractivity contribution in [1.29, 1.82) is 0 Å². The zero-order chi connectivity index (χ0) is 17.0. The molecule has 0 bridgehead atoms. The molecule has 2 aromatic heterocycles. The average molecular weight is 318 g/mol. The van der Waals surface area contributed by atoms with E-state index in [4.69, 9.17) is 0 Å². The van der Waals surface area contributed by atoms with Crippen molar-refractivity contribution in [2.75, 3.05) is 0 Å². The van der Waals surface area contributed by atoms with Crippen molar-refractivity contribution in [1.82, 2.24) is 30.0 Å². The highest BCUT2D eigenvalue weighted by Gasteiger charge is 2.25. The molecule has 0 radical (unpaired) electrons. The number of rotatable bonds is 8. The minimum atomic E-state index is -0.0597. The first kappa shape index (κ1) is 17.6. The highest BCUT2D eigenvalue weighted by Crippen LogP contribution is 2.25. The van der Waals surface area contributed by atoms with E-state index in [1.165, 1.54) is 0 Å². The number of aromatic nitrogens is 6. The van der Waals surface area contributed by atoms with Gasteiger partial charge in [0.2, 0.25) is 0 Å². The first-order valence-corrected chi connectivity index (χ1v) is 8.61. The lowest BCUT2D eigenvalue weighted by Gasteiger charge is -2.28. The van der Waals surface area contributed by atoms with Crippen LogP contribution in [0.3, 0.4) is 0 Å². The molecule has 1 unspecified atom stereocenters. The first-order chi connectivity index (χ1) is 10.8. The Balaban J connectivity index is 1.97. The number of hydrogen-bond donors (Lipinski definition) is 0. The van der Waals surface area contributed by atoms with Crippen LogP contribution in [0.15, 0.2) is 12.4 Å². The number of nitrogens with zero attached hydrogens (tertiary/aromatic N) is 6. The van der Waals surface area contributed by atoms with E-state index >= 15 is 0 Å². The third-order valence-electron chi connectivity index (χ3n) is 4.07.